The number of rotatable bonds is 5. The van der Waals surface area contributed by atoms with E-state index in [1.54, 1.807) is 6.20 Å². The van der Waals surface area contributed by atoms with Crippen LogP contribution in [0.15, 0.2) is 12.4 Å². The summed E-state index contributed by atoms with van der Waals surface area (Å²) in [4.78, 5) is 18.8. The molecule has 1 aromatic heterocycles. The predicted molar refractivity (Wildman–Crippen MR) is 72.5 cm³/mol. The van der Waals surface area contributed by atoms with E-state index >= 15 is 0 Å². The standard InChI is InChI=1S/C14H23N3O2/c1-4-8-17(11-12-15-7-9-16(12)3)13(18)14(2)6-5-10-19-14/h7,9H,4-6,8,10-11H2,1-3H3/t14-/m0/s1. The van der Waals surface area contributed by atoms with Gasteiger partial charge in [0.25, 0.3) is 5.91 Å². The van der Waals surface area contributed by atoms with Crippen molar-refractivity contribution >= 4 is 5.91 Å². The number of hydrogen-bond donors (Lipinski definition) is 0. The first kappa shape index (κ1) is 14.1. The van der Waals surface area contributed by atoms with Crippen molar-refractivity contribution < 1.29 is 9.53 Å². The maximum absolute atomic E-state index is 12.7. The molecule has 0 saturated carbocycles. The van der Waals surface area contributed by atoms with Crippen molar-refractivity contribution in [2.45, 2.75) is 45.3 Å². The second-order valence-electron chi connectivity index (χ2n) is 5.36. The van der Waals surface area contributed by atoms with Crippen molar-refractivity contribution in [3.8, 4) is 0 Å². The highest BCUT2D eigenvalue weighted by molar-refractivity contribution is 5.85. The lowest BCUT2D eigenvalue weighted by Crippen LogP contribution is -2.47. The molecule has 0 aliphatic carbocycles. The molecule has 1 fully saturated rings. The number of ether oxygens (including phenoxy) is 1. The molecule has 1 saturated heterocycles. The Kier molecular flexibility index (Phi) is 4.24. The van der Waals surface area contributed by atoms with Gasteiger partial charge in [0, 0.05) is 32.6 Å². The van der Waals surface area contributed by atoms with Gasteiger partial charge in [-0.3, -0.25) is 4.79 Å². The summed E-state index contributed by atoms with van der Waals surface area (Å²) < 4.78 is 7.61. The molecule has 0 spiro atoms. The monoisotopic (exact) mass is 265 g/mol. The van der Waals surface area contributed by atoms with Gasteiger partial charge in [-0.25, -0.2) is 4.98 Å². The summed E-state index contributed by atoms with van der Waals surface area (Å²) in [5.41, 5.74) is -0.639. The number of carbonyl (C=O) groups excluding carboxylic acids is 1. The van der Waals surface area contributed by atoms with Gasteiger partial charge in [0.15, 0.2) is 0 Å². The third-order valence-corrected chi connectivity index (χ3v) is 3.71. The zero-order chi connectivity index (χ0) is 13.9. The van der Waals surface area contributed by atoms with Crippen molar-refractivity contribution in [1.82, 2.24) is 14.5 Å². The first-order chi connectivity index (χ1) is 9.07. The average Bonchev–Trinajstić information content (AvgIpc) is 2.99. The fraction of sp³-hybridized carbons (Fsp3) is 0.714. The Balaban J connectivity index is 2.11. The summed E-state index contributed by atoms with van der Waals surface area (Å²) >= 11 is 0. The van der Waals surface area contributed by atoms with Gasteiger partial charge < -0.3 is 14.2 Å². The second kappa shape index (κ2) is 5.74. The first-order valence-electron chi connectivity index (χ1n) is 6.96. The summed E-state index contributed by atoms with van der Waals surface area (Å²) in [5, 5.41) is 0. The Bertz CT molecular complexity index is 436. The fourth-order valence-corrected chi connectivity index (χ4v) is 2.52. The van der Waals surface area contributed by atoms with E-state index < -0.39 is 5.60 Å². The molecule has 1 aliphatic rings. The smallest absolute Gasteiger partial charge is 0.254 e. The van der Waals surface area contributed by atoms with E-state index in [0.717, 1.165) is 31.6 Å². The molecule has 0 unspecified atom stereocenters. The van der Waals surface area contributed by atoms with Gasteiger partial charge in [0.2, 0.25) is 0 Å². The minimum Gasteiger partial charge on any atom is -0.365 e. The molecule has 5 heteroatoms. The molecule has 1 amide bonds. The van der Waals surface area contributed by atoms with Crippen LogP contribution in [0.2, 0.25) is 0 Å². The highest BCUT2D eigenvalue weighted by Gasteiger charge is 2.40. The normalized spacial score (nSPS) is 22.7. The Labute approximate surface area is 114 Å². The van der Waals surface area contributed by atoms with E-state index in [9.17, 15) is 4.79 Å². The van der Waals surface area contributed by atoms with Crippen LogP contribution in [0.25, 0.3) is 0 Å². The molecule has 0 N–H and O–H groups in total. The molecule has 1 aromatic rings. The van der Waals surface area contributed by atoms with Gasteiger partial charge in [-0.1, -0.05) is 6.92 Å². The highest BCUT2D eigenvalue weighted by atomic mass is 16.5. The van der Waals surface area contributed by atoms with Gasteiger partial charge in [-0.05, 0) is 26.2 Å². The maximum Gasteiger partial charge on any atom is 0.254 e. The number of aromatic nitrogens is 2. The molecule has 0 aromatic carbocycles. The van der Waals surface area contributed by atoms with Crippen molar-refractivity contribution in [1.29, 1.82) is 0 Å². The molecule has 0 bridgehead atoms. The molecule has 0 radical (unpaired) electrons. The van der Waals surface area contributed by atoms with Crippen LogP contribution in [-0.4, -0.2) is 39.1 Å². The van der Waals surface area contributed by atoms with Crippen molar-refractivity contribution in [2.24, 2.45) is 7.05 Å². The Morgan fingerprint density at radius 3 is 2.95 bits per heavy atom. The number of aryl methyl sites for hydroxylation is 1. The van der Waals surface area contributed by atoms with E-state index in [1.807, 2.05) is 29.6 Å². The number of hydrogen-bond acceptors (Lipinski definition) is 3. The van der Waals surface area contributed by atoms with Gasteiger partial charge in [0.05, 0.1) is 6.54 Å². The molecule has 1 aliphatic heterocycles. The van der Waals surface area contributed by atoms with E-state index in [0.29, 0.717) is 13.2 Å². The second-order valence-corrected chi connectivity index (χ2v) is 5.36. The topological polar surface area (TPSA) is 47.4 Å². The first-order valence-corrected chi connectivity index (χ1v) is 6.96. The summed E-state index contributed by atoms with van der Waals surface area (Å²) in [6, 6.07) is 0. The zero-order valence-corrected chi connectivity index (χ0v) is 12.1. The molecular formula is C14H23N3O2. The minimum absolute atomic E-state index is 0.0925. The summed E-state index contributed by atoms with van der Waals surface area (Å²) in [6.07, 6.45) is 6.37. The van der Waals surface area contributed by atoms with Crippen LogP contribution in [0.4, 0.5) is 0 Å². The van der Waals surface area contributed by atoms with E-state index in [4.69, 9.17) is 4.74 Å². The molecular weight excluding hydrogens is 242 g/mol. The van der Waals surface area contributed by atoms with E-state index in [1.165, 1.54) is 0 Å². The molecule has 2 rings (SSSR count). The number of carbonyl (C=O) groups is 1. The van der Waals surface area contributed by atoms with Gasteiger partial charge >= 0.3 is 0 Å². The lowest BCUT2D eigenvalue weighted by molar-refractivity contribution is -0.151. The largest absolute Gasteiger partial charge is 0.365 e. The van der Waals surface area contributed by atoms with E-state index in [-0.39, 0.29) is 5.91 Å². The third kappa shape index (κ3) is 2.97. The van der Waals surface area contributed by atoms with Crippen molar-refractivity contribution in [3.63, 3.8) is 0 Å². The lowest BCUT2D eigenvalue weighted by atomic mass is 10.0. The lowest BCUT2D eigenvalue weighted by Gasteiger charge is -2.30. The third-order valence-electron chi connectivity index (χ3n) is 3.71. The quantitative estimate of drug-likeness (QED) is 0.814. The molecule has 1 atom stereocenters. The summed E-state index contributed by atoms with van der Waals surface area (Å²) in [7, 11) is 1.95. The zero-order valence-electron chi connectivity index (χ0n) is 12.1. The maximum atomic E-state index is 12.7. The summed E-state index contributed by atoms with van der Waals surface area (Å²) in [6.45, 7) is 5.96. The van der Waals surface area contributed by atoms with Gasteiger partial charge in [0.1, 0.15) is 11.4 Å². The van der Waals surface area contributed by atoms with Gasteiger partial charge in [-0.15, -0.1) is 0 Å². The van der Waals surface area contributed by atoms with Crippen LogP contribution in [0.3, 0.4) is 0 Å². The van der Waals surface area contributed by atoms with Crippen LogP contribution < -0.4 is 0 Å². The number of imidazole rings is 1. The predicted octanol–water partition coefficient (Wildman–Crippen LogP) is 1.73. The van der Waals surface area contributed by atoms with Crippen molar-refractivity contribution in [3.05, 3.63) is 18.2 Å². The minimum atomic E-state index is -0.639. The summed E-state index contributed by atoms with van der Waals surface area (Å²) in [5.74, 6) is 0.998. The molecule has 5 nitrogen and oxygen atoms in total. The number of nitrogens with zero attached hydrogens (tertiary/aromatic N) is 3. The fourth-order valence-electron chi connectivity index (χ4n) is 2.52. The highest BCUT2D eigenvalue weighted by Crippen LogP contribution is 2.27. The van der Waals surface area contributed by atoms with E-state index in [2.05, 4.69) is 11.9 Å². The number of amides is 1. The average molecular weight is 265 g/mol. The van der Waals surface area contributed by atoms with Crippen LogP contribution in [0, 0.1) is 0 Å². The SMILES string of the molecule is CCCN(Cc1nccn1C)C(=O)[C@]1(C)CCCO1. The van der Waals surface area contributed by atoms with Crippen LogP contribution in [0.5, 0.6) is 0 Å². The van der Waals surface area contributed by atoms with Crippen LogP contribution >= 0.6 is 0 Å². The van der Waals surface area contributed by atoms with Crippen LogP contribution in [-0.2, 0) is 23.1 Å². The Morgan fingerprint density at radius 1 is 1.63 bits per heavy atom. The van der Waals surface area contributed by atoms with Crippen molar-refractivity contribution in [2.75, 3.05) is 13.2 Å². The molecule has 106 valence electrons. The molecule has 2 heterocycles. The Morgan fingerprint density at radius 2 is 2.42 bits per heavy atom. The molecule has 19 heavy (non-hydrogen) atoms. The van der Waals surface area contributed by atoms with Crippen LogP contribution in [0.1, 0.15) is 38.9 Å². The Hall–Kier alpha value is -1.36. The van der Waals surface area contributed by atoms with Gasteiger partial charge in [-0.2, -0.15) is 0 Å².